The van der Waals surface area contributed by atoms with Gasteiger partial charge in [-0.25, -0.2) is 0 Å². The molecule has 0 bridgehead atoms. The minimum atomic E-state index is -0.577. The van der Waals surface area contributed by atoms with Gasteiger partial charge in [-0.15, -0.1) is 0 Å². The van der Waals surface area contributed by atoms with Gasteiger partial charge in [-0.05, 0) is 35.9 Å². The molecule has 0 N–H and O–H groups in total. The van der Waals surface area contributed by atoms with Crippen LogP contribution >= 0.6 is 11.8 Å². The molecule has 42 heavy (non-hydrogen) atoms. The van der Waals surface area contributed by atoms with E-state index in [1.54, 1.807) is 21.9 Å². The van der Waals surface area contributed by atoms with Crippen LogP contribution in [0.5, 0.6) is 0 Å². The second-order valence-electron chi connectivity index (χ2n) is 8.93. The van der Waals surface area contributed by atoms with E-state index in [4.69, 9.17) is 28.9 Å². The molecule has 1 atom stereocenters. The average molecular weight is 611 g/mol. The van der Waals surface area contributed by atoms with Crippen molar-refractivity contribution in [2.24, 2.45) is 0 Å². The van der Waals surface area contributed by atoms with E-state index in [1.165, 1.54) is 40.4 Å². The summed E-state index contributed by atoms with van der Waals surface area (Å²) in [6, 6.07) is 6.72. The lowest BCUT2D eigenvalue weighted by molar-refractivity contribution is -0.148. The molecular formula is C27H38N4O10S. The number of rotatable bonds is 19. The molecular weight excluding hydrogens is 572 g/mol. The monoisotopic (exact) mass is 610 g/mol. The molecule has 1 rings (SSSR count). The number of thioether (sulfide) groups is 1. The van der Waals surface area contributed by atoms with E-state index in [2.05, 4.69) is 0 Å². The Hall–Kier alpha value is -3.71. The minimum Gasteiger partial charge on any atom is -0.468 e. The molecule has 0 aliphatic heterocycles. The lowest BCUT2D eigenvalue weighted by atomic mass is 10.0. The van der Waals surface area contributed by atoms with E-state index >= 15 is 0 Å². The molecule has 0 aliphatic carbocycles. The Labute approximate surface area is 249 Å². The predicted molar refractivity (Wildman–Crippen MR) is 150 cm³/mol. The molecule has 0 saturated heterocycles. The van der Waals surface area contributed by atoms with Crippen molar-refractivity contribution in [1.82, 2.24) is 14.7 Å². The number of esters is 5. The van der Waals surface area contributed by atoms with Crippen molar-refractivity contribution in [1.29, 1.82) is 5.26 Å². The van der Waals surface area contributed by atoms with E-state index in [9.17, 15) is 24.0 Å². The van der Waals surface area contributed by atoms with Gasteiger partial charge in [0.2, 0.25) is 0 Å². The van der Waals surface area contributed by atoms with Gasteiger partial charge in [0.25, 0.3) is 0 Å². The van der Waals surface area contributed by atoms with Crippen LogP contribution in [-0.4, -0.2) is 138 Å². The summed E-state index contributed by atoms with van der Waals surface area (Å²) in [7, 11) is 6.19. The minimum absolute atomic E-state index is 0.153. The molecule has 15 heteroatoms. The zero-order valence-electron chi connectivity index (χ0n) is 24.5. The molecule has 0 fully saturated rings. The normalized spacial score (nSPS) is 11.5. The number of hydrogen-bond acceptors (Lipinski definition) is 15. The number of hydrogen-bond donors (Lipinski definition) is 0. The quantitative estimate of drug-likeness (QED) is 0.0884. The Morgan fingerprint density at radius 1 is 0.690 bits per heavy atom. The largest absolute Gasteiger partial charge is 0.468 e. The zero-order valence-corrected chi connectivity index (χ0v) is 25.3. The summed E-state index contributed by atoms with van der Waals surface area (Å²) in [5.74, 6) is -2.81. The van der Waals surface area contributed by atoms with Gasteiger partial charge in [-0.1, -0.05) is 12.1 Å². The highest BCUT2D eigenvalue weighted by atomic mass is 32.2. The van der Waals surface area contributed by atoms with E-state index in [-0.39, 0.29) is 52.4 Å². The third-order valence-electron chi connectivity index (χ3n) is 6.14. The number of ether oxygens (including phenoxy) is 5. The number of nitriles is 1. The first-order chi connectivity index (χ1) is 20.1. The fourth-order valence-electron chi connectivity index (χ4n) is 3.87. The second kappa shape index (κ2) is 20.2. The summed E-state index contributed by atoms with van der Waals surface area (Å²) in [6.45, 7) is -0.468. The summed E-state index contributed by atoms with van der Waals surface area (Å²) in [6.07, 6.45) is 0.344. The van der Waals surface area contributed by atoms with E-state index in [0.717, 1.165) is 22.2 Å². The fraction of sp³-hybridized carbons (Fsp3) is 0.556. The lowest BCUT2D eigenvalue weighted by Crippen LogP contribution is -2.51. The fourth-order valence-corrected chi connectivity index (χ4v) is 4.25. The predicted octanol–water partition coefficient (Wildman–Crippen LogP) is -0.0581. The molecule has 0 aliphatic rings. The van der Waals surface area contributed by atoms with E-state index in [0.29, 0.717) is 6.42 Å². The molecule has 0 saturated carbocycles. The van der Waals surface area contributed by atoms with Crippen LogP contribution in [0.15, 0.2) is 29.2 Å². The van der Waals surface area contributed by atoms with Crippen LogP contribution in [0, 0.1) is 10.7 Å². The van der Waals surface area contributed by atoms with Gasteiger partial charge in [0.05, 0.1) is 68.3 Å². The zero-order chi connectivity index (χ0) is 31.5. The smallest absolute Gasteiger partial charge is 0.319 e. The SMILES string of the molecule is COC(=O)CN(CCN(CC(=O)OC)CC(Cc1ccc(SC#N)cc1)N(CC(=O)OC)CC(=O)OC)CC(=O)OC. The topological polar surface area (TPSA) is 165 Å². The Morgan fingerprint density at radius 2 is 1.10 bits per heavy atom. The van der Waals surface area contributed by atoms with E-state index in [1.807, 2.05) is 17.5 Å². The van der Waals surface area contributed by atoms with Crippen LogP contribution in [0.4, 0.5) is 0 Å². The molecule has 1 aromatic carbocycles. The summed E-state index contributed by atoms with van der Waals surface area (Å²) in [5.41, 5.74) is 0.845. The first-order valence-electron chi connectivity index (χ1n) is 12.8. The number of benzene rings is 1. The number of methoxy groups -OCH3 is 5. The van der Waals surface area contributed by atoms with Gasteiger partial charge in [-0.3, -0.25) is 38.7 Å². The summed E-state index contributed by atoms with van der Waals surface area (Å²) in [4.78, 5) is 66.5. The van der Waals surface area contributed by atoms with Gasteiger partial charge in [0, 0.05) is 30.6 Å². The standard InChI is InChI=1S/C27H38N4O10S/c1-37-23(32)14-29(10-11-30(15-24(33)38-2)16-25(34)39-3)13-21(12-20-6-8-22(9-7-20)42-19-28)31(17-26(35)40-4)18-27(36)41-5/h6-9,21H,10-18H2,1-5H3. The van der Waals surface area contributed by atoms with Crippen LogP contribution in [0.1, 0.15) is 5.56 Å². The van der Waals surface area contributed by atoms with Crippen LogP contribution in [0.25, 0.3) is 0 Å². The van der Waals surface area contributed by atoms with Crippen molar-refractivity contribution in [3.63, 3.8) is 0 Å². The van der Waals surface area contributed by atoms with Crippen molar-refractivity contribution in [2.45, 2.75) is 17.4 Å². The van der Waals surface area contributed by atoms with Crippen molar-refractivity contribution in [3.05, 3.63) is 29.8 Å². The van der Waals surface area contributed by atoms with Gasteiger partial charge in [-0.2, -0.15) is 5.26 Å². The third kappa shape index (κ3) is 14.3. The van der Waals surface area contributed by atoms with E-state index < -0.39 is 35.9 Å². The maximum Gasteiger partial charge on any atom is 0.319 e. The Morgan fingerprint density at radius 3 is 1.52 bits per heavy atom. The van der Waals surface area contributed by atoms with Crippen LogP contribution < -0.4 is 0 Å². The maximum atomic E-state index is 12.4. The Bertz CT molecular complexity index is 1040. The summed E-state index contributed by atoms with van der Waals surface area (Å²) >= 11 is 1.02. The number of carbonyl (C=O) groups excluding carboxylic acids is 5. The maximum absolute atomic E-state index is 12.4. The molecule has 0 radical (unpaired) electrons. The van der Waals surface area contributed by atoms with Gasteiger partial charge in [0.1, 0.15) is 5.40 Å². The lowest BCUT2D eigenvalue weighted by Gasteiger charge is -2.35. The molecule has 14 nitrogen and oxygen atoms in total. The Balaban J connectivity index is 3.37. The van der Waals surface area contributed by atoms with Crippen molar-refractivity contribution >= 4 is 41.6 Å². The van der Waals surface area contributed by atoms with Crippen LogP contribution in [-0.2, 0) is 54.1 Å². The first kappa shape index (κ1) is 36.3. The van der Waals surface area contributed by atoms with Gasteiger partial charge in [0.15, 0.2) is 0 Å². The highest BCUT2D eigenvalue weighted by molar-refractivity contribution is 8.03. The van der Waals surface area contributed by atoms with Gasteiger partial charge < -0.3 is 23.7 Å². The molecule has 0 heterocycles. The summed E-state index contributed by atoms with van der Waals surface area (Å²) < 4.78 is 24.0. The Kier molecular flexibility index (Phi) is 17.5. The van der Waals surface area contributed by atoms with Crippen molar-refractivity contribution in [3.8, 4) is 5.40 Å². The third-order valence-corrected chi connectivity index (χ3v) is 6.74. The molecule has 0 aromatic heterocycles. The summed E-state index contributed by atoms with van der Waals surface area (Å²) in [5, 5.41) is 11.0. The average Bonchev–Trinajstić information content (AvgIpc) is 2.99. The number of nitrogens with zero attached hydrogens (tertiary/aromatic N) is 4. The van der Waals surface area contributed by atoms with Crippen LogP contribution in [0.2, 0.25) is 0 Å². The van der Waals surface area contributed by atoms with Crippen molar-refractivity contribution < 1.29 is 47.7 Å². The molecule has 1 unspecified atom stereocenters. The first-order valence-corrected chi connectivity index (χ1v) is 13.6. The molecule has 232 valence electrons. The van der Waals surface area contributed by atoms with Gasteiger partial charge >= 0.3 is 29.8 Å². The highest BCUT2D eigenvalue weighted by Crippen LogP contribution is 2.19. The number of thiocyanates is 1. The van der Waals surface area contributed by atoms with Crippen molar-refractivity contribution in [2.75, 3.05) is 87.9 Å². The highest BCUT2D eigenvalue weighted by Gasteiger charge is 2.28. The molecule has 1 aromatic rings. The molecule has 0 amide bonds. The second-order valence-corrected chi connectivity index (χ2v) is 9.78. The van der Waals surface area contributed by atoms with Crippen LogP contribution in [0.3, 0.4) is 0 Å². The number of carbonyl (C=O) groups is 5. The molecule has 0 spiro atoms.